The van der Waals surface area contributed by atoms with Crippen molar-refractivity contribution < 1.29 is 4.39 Å². The lowest BCUT2D eigenvalue weighted by Gasteiger charge is -2.45. The molecule has 2 nitrogen and oxygen atoms in total. The van der Waals surface area contributed by atoms with Crippen LogP contribution in [-0.4, -0.2) is 19.1 Å². The zero-order chi connectivity index (χ0) is 11.8. The van der Waals surface area contributed by atoms with Gasteiger partial charge in [0.1, 0.15) is 5.82 Å². The monoisotopic (exact) mass is 234 g/mol. The number of benzene rings is 1. The van der Waals surface area contributed by atoms with Crippen molar-refractivity contribution in [3.8, 4) is 0 Å². The fourth-order valence-corrected chi connectivity index (χ4v) is 3.16. The predicted octanol–water partition coefficient (Wildman–Crippen LogP) is 3.25. The molecule has 17 heavy (non-hydrogen) atoms. The minimum atomic E-state index is -0.126. The summed E-state index contributed by atoms with van der Waals surface area (Å²) < 4.78 is 13.7. The molecule has 1 aromatic rings. The van der Waals surface area contributed by atoms with E-state index in [4.69, 9.17) is 0 Å². The molecular formula is C14H19FN2. The van der Waals surface area contributed by atoms with Gasteiger partial charge in [-0.2, -0.15) is 0 Å². The standard InChI is InChI=1S/C14H19FN2/c1-2-10-6-7-17-11(8-10)9-16-14-12(15)4-3-5-13(14)17/h3-5,10-11,16H,2,6-9H2,1H3. The van der Waals surface area contributed by atoms with Crippen LogP contribution in [0.15, 0.2) is 18.2 Å². The van der Waals surface area contributed by atoms with Gasteiger partial charge >= 0.3 is 0 Å². The number of para-hydroxylation sites is 1. The third-order valence-electron chi connectivity index (χ3n) is 4.22. The summed E-state index contributed by atoms with van der Waals surface area (Å²) in [4.78, 5) is 2.39. The van der Waals surface area contributed by atoms with E-state index in [1.54, 1.807) is 0 Å². The Bertz CT molecular complexity index is 419. The van der Waals surface area contributed by atoms with Crippen molar-refractivity contribution in [1.82, 2.24) is 0 Å². The molecule has 0 spiro atoms. The number of nitrogens with one attached hydrogen (secondary N) is 1. The van der Waals surface area contributed by atoms with Crippen LogP contribution < -0.4 is 10.2 Å². The summed E-state index contributed by atoms with van der Waals surface area (Å²) in [7, 11) is 0. The lowest BCUT2D eigenvalue weighted by molar-refractivity contribution is 0.335. The molecule has 2 aliphatic heterocycles. The smallest absolute Gasteiger partial charge is 0.148 e. The third kappa shape index (κ3) is 1.78. The average molecular weight is 234 g/mol. The molecule has 2 unspecified atom stereocenters. The Morgan fingerprint density at radius 1 is 1.47 bits per heavy atom. The van der Waals surface area contributed by atoms with Crippen LogP contribution in [0, 0.1) is 11.7 Å². The molecular weight excluding hydrogens is 215 g/mol. The van der Waals surface area contributed by atoms with Crippen molar-refractivity contribution in [1.29, 1.82) is 0 Å². The topological polar surface area (TPSA) is 15.3 Å². The summed E-state index contributed by atoms with van der Waals surface area (Å²) in [5.41, 5.74) is 1.74. The van der Waals surface area contributed by atoms with E-state index in [1.165, 1.54) is 25.3 Å². The maximum Gasteiger partial charge on any atom is 0.148 e. The van der Waals surface area contributed by atoms with Crippen LogP contribution in [0.5, 0.6) is 0 Å². The Morgan fingerprint density at radius 3 is 3.18 bits per heavy atom. The van der Waals surface area contributed by atoms with Gasteiger partial charge in [-0.25, -0.2) is 4.39 Å². The minimum Gasteiger partial charge on any atom is -0.379 e. The molecule has 92 valence electrons. The van der Waals surface area contributed by atoms with E-state index in [9.17, 15) is 4.39 Å². The Balaban J connectivity index is 1.90. The SMILES string of the molecule is CCC1CCN2c3cccc(F)c3NCC2C1. The molecule has 0 saturated carbocycles. The molecule has 2 heterocycles. The highest BCUT2D eigenvalue weighted by Crippen LogP contribution is 2.38. The summed E-state index contributed by atoms with van der Waals surface area (Å²) in [5.74, 6) is 0.715. The van der Waals surface area contributed by atoms with E-state index in [1.807, 2.05) is 12.1 Å². The Labute approximate surface area is 102 Å². The molecule has 1 fully saturated rings. The molecule has 0 radical (unpaired) electrons. The molecule has 0 amide bonds. The second-order valence-corrected chi connectivity index (χ2v) is 5.16. The summed E-state index contributed by atoms with van der Waals surface area (Å²) >= 11 is 0. The minimum absolute atomic E-state index is 0.126. The van der Waals surface area contributed by atoms with Gasteiger partial charge in [-0.1, -0.05) is 19.4 Å². The number of rotatable bonds is 1. The fraction of sp³-hybridized carbons (Fsp3) is 0.571. The Kier molecular flexibility index (Phi) is 2.69. The maximum absolute atomic E-state index is 13.7. The molecule has 2 atom stereocenters. The van der Waals surface area contributed by atoms with Crippen molar-refractivity contribution in [2.45, 2.75) is 32.2 Å². The number of hydrogen-bond donors (Lipinski definition) is 1. The van der Waals surface area contributed by atoms with E-state index in [-0.39, 0.29) is 5.82 Å². The van der Waals surface area contributed by atoms with Crippen LogP contribution in [0.3, 0.4) is 0 Å². The molecule has 1 aromatic carbocycles. The van der Waals surface area contributed by atoms with Gasteiger partial charge in [0.15, 0.2) is 0 Å². The van der Waals surface area contributed by atoms with Crippen molar-refractivity contribution >= 4 is 11.4 Å². The van der Waals surface area contributed by atoms with Crippen molar-refractivity contribution in [3.05, 3.63) is 24.0 Å². The molecule has 0 aliphatic carbocycles. The molecule has 1 saturated heterocycles. The van der Waals surface area contributed by atoms with Gasteiger partial charge in [0.25, 0.3) is 0 Å². The van der Waals surface area contributed by atoms with Crippen LogP contribution in [0.2, 0.25) is 0 Å². The number of halogens is 1. The van der Waals surface area contributed by atoms with Crippen LogP contribution in [0.25, 0.3) is 0 Å². The summed E-state index contributed by atoms with van der Waals surface area (Å²) in [6.07, 6.45) is 3.74. The number of hydrogen-bond acceptors (Lipinski definition) is 2. The normalized spacial score (nSPS) is 27.1. The van der Waals surface area contributed by atoms with Gasteiger partial charge in [-0.15, -0.1) is 0 Å². The first-order chi connectivity index (χ1) is 8.29. The molecule has 3 rings (SSSR count). The Morgan fingerprint density at radius 2 is 2.35 bits per heavy atom. The van der Waals surface area contributed by atoms with Crippen molar-refractivity contribution in [2.24, 2.45) is 5.92 Å². The maximum atomic E-state index is 13.7. The molecule has 1 N–H and O–H groups in total. The van der Waals surface area contributed by atoms with Gasteiger partial charge in [0, 0.05) is 19.1 Å². The zero-order valence-electron chi connectivity index (χ0n) is 10.2. The average Bonchev–Trinajstić information content (AvgIpc) is 2.38. The summed E-state index contributed by atoms with van der Waals surface area (Å²) in [6, 6.07) is 5.92. The van der Waals surface area contributed by atoms with Gasteiger partial charge in [0.05, 0.1) is 11.4 Å². The van der Waals surface area contributed by atoms with Gasteiger partial charge in [0.2, 0.25) is 0 Å². The largest absolute Gasteiger partial charge is 0.379 e. The summed E-state index contributed by atoms with van der Waals surface area (Å²) in [5, 5.41) is 3.26. The van der Waals surface area contributed by atoms with Gasteiger partial charge < -0.3 is 10.2 Å². The number of anilines is 2. The number of piperidine rings is 1. The van der Waals surface area contributed by atoms with Crippen LogP contribution in [-0.2, 0) is 0 Å². The second kappa shape index (κ2) is 4.21. The van der Waals surface area contributed by atoms with Crippen molar-refractivity contribution in [3.63, 3.8) is 0 Å². The van der Waals surface area contributed by atoms with E-state index < -0.39 is 0 Å². The lowest BCUT2D eigenvalue weighted by atomic mass is 9.87. The number of fused-ring (bicyclic) bond motifs is 3. The van der Waals surface area contributed by atoms with Crippen LogP contribution in [0.4, 0.5) is 15.8 Å². The first-order valence-corrected chi connectivity index (χ1v) is 6.58. The lowest BCUT2D eigenvalue weighted by Crippen LogP contribution is -2.49. The second-order valence-electron chi connectivity index (χ2n) is 5.16. The van der Waals surface area contributed by atoms with E-state index in [0.29, 0.717) is 11.7 Å². The third-order valence-corrected chi connectivity index (χ3v) is 4.22. The Hall–Kier alpha value is -1.25. The quantitative estimate of drug-likeness (QED) is 0.802. The van der Waals surface area contributed by atoms with E-state index in [2.05, 4.69) is 17.1 Å². The first-order valence-electron chi connectivity index (χ1n) is 6.58. The van der Waals surface area contributed by atoms with E-state index in [0.717, 1.165) is 24.7 Å². The van der Waals surface area contributed by atoms with Crippen LogP contribution >= 0.6 is 0 Å². The van der Waals surface area contributed by atoms with Gasteiger partial charge in [-0.3, -0.25) is 0 Å². The number of nitrogens with zero attached hydrogens (tertiary/aromatic N) is 1. The highest BCUT2D eigenvalue weighted by Gasteiger charge is 2.32. The highest BCUT2D eigenvalue weighted by atomic mass is 19.1. The first kappa shape index (κ1) is 10.9. The van der Waals surface area contributed by atoms with Gasteiger partial charge in [-0.05, 0) is 30.9 Å². The molecule has 2 aliphatic rings. The van der Waals surface area contributed by atoms with Crippen molar-refractivity contribution in [2.75, 3.05) is 23.3 Å². The van der Waals surface area contributed by atoms with E-state index >= 15 is 0 Å². The van der Waals surface area contributed by atoms with Crippen LogP contribution in [0.1, 0.15) is 26.2 Å². The molecule has 3 heteroatoms. The zero-order valence-corrected chi connectivity index (χ0v) is 10.2. The molecule has 0 bridgehead atoms. The molecule has 0 aromatic heterocycles. The highest BCUT2D eigenvalue weighted by molar-refractivity contribution is 5.73. The predicted molar refractivity (Wildman–Crippen MR) is 69.0 cm³/mol. The fourth-order valence-electron chi connectivity index (χ4n) is 3.16. The summed E-state index contributed by atoms with van der Waals surface area (Å²) in [6.45, 7) is 4.22.